The van der Waals surface area contributed by atoms with E-state index in [1.165, 1.54) is 0 Å². The smallest absolute Gasteiger partial charge is 0.326 e. The molecule has 0 aliphatic carbocycles. The highest BCUT2D eigenvalue weighted by Gasteiger charge is 2.31. The SMILES string of the molecule is C#CCNC(C)(CC)C(=O)OCC. The van der Waals surface area contributed by atoms with Gasteiger partial charge in [-0.2, -0.15) is 0 Å². The van der Waals surface area contributed by atoms with E-state index in [9.17, 15) is 4.79 Å². The molecule has 0 aromatic carbocycles. The van der Waals surface area contributed by atoms with Gasteiger partial charge in [-0.3, -0.25) is 10.1 Å². The molecule has 1 N–H and O–H groups in total. The Hall–Kier alpha value is -1.01. The number of ether oxygens (including phenoxy) is 1. The zero-order chi connectivity index (χ0) is 10.3. The third kappa shape index (κ3) is 3.47. The van der Waals surface area contributed by atoms with Gasteiger partial charge in [0.15, 0.2) is 0 Å². The first-order chi connectivity index (χ1) is 6.10. The van der Waals surface area contributed by atoms with Gasteiger partial charge in [-0.25, -0.2) is 0 Å². The zero-order valence-corrected chi connectivity index (χ0v) is 8.52. The Kier molecular flexibility index (Phi) is 5.17. The molecule has 0 saturated carbocycles. The van der Waals surface area contributed by atoms with E-state index in [-0.39, 0.29) is 5.97 Å². The van der Waals surface area contributed by atoms with Crippen molar-refractivity contribution in [3.63, 3.8) is 0 Å². The van der Waals surface area contributed by atoms with Crippen molar-refractivity contribution < 1.29 is 9.53 Å². The number of carbonyl (C=O) groups is 1. The first-order valence-corrected chi connectivity index (χ1v) is 4.46. The molecular formula is C10H17NO2. The number of carbonyl (C=O) groups excluding carboxylic acids is 1. The minimum absolute atomic E-state index is 0.243. The molecule has 0 aliphatic rings. The van der Waals surface area contributed by atoms with Crippen LogP contribution in [0, 0.1) is 12.3 Å². The Morgan fingerprint density at radius 1 is 1.62 bits per heavy atom. The lowest BCUT2D eigenvalue weighted by Crippen LogP contribution is -2.50. The molecule has 3 heteroatoms. The summed E-state index contributed by atoms with van der Waals surface area (Å²) in [6, 6.07) is 0. The summed E-state index contributed by atoms with van der Waals surface area (Å²) >= 11 is 0. The highest BCUT2D eigenvalue weighted by atomic mass is 16.5. The maximum atomic E-state index is 11.4. The van der Waals surface area contributed by atoms with E-state index >= 15 is 0 Å². The first-order valence-electron chi connectivity index (χ1n) is 4.46. The minimum atomic E-state index is -0.650. The Morgan fingerprint density at radius 3 is 2.62 bits per heavy atom. The van der Waals surface area contributed by atoms with Gasteiger partial charge in [0.05, 0.1) is 13.2 Å². The van der Waals surface area contributed by atoms with Crippen LogP contribution in [0.4, 0.5) is 0 Å². The van der Waals surface area contributed by atoms with Crippen LogP contribution < -0.4 is 5.32 Å². The molecule has 0 amide bonds. The summed E-state index contributed by atoms with van der Waals surface area (Å²) in [7, 11) is 0. The minimum Gasteiger partial charge on any atom is -0.465 e. The predicted octanol–water partition coefficient (Wildman–Crippen LogP) is 0.941. The van der Waals surface area contributed by atoms with Gasteiger partial charge in [0.25, 0.3) is 0 Å². The third-order valence-electron chi connectivity index (χ3n) is 2.01. The second-order valence-electron chi connectivity index (χ2n) is 2.96. The van der Waals surface area contributed by atoms with Gasteiger partial charge in [0, 0.05) is 0 Å². The van der Waals surface area contributed by atoms with Crippen LogP contribution in [0.15, 0.2) is 0 Å². The lowest BCUT2D eigenvalue weighted by Gasteiger charge is -2.25. The summed E-state index contributed by atoms with van der Waals surface area (Å²) in [5.41, 5.74) is -0.650. The fourth-order valence-corrected chi connectivity index (χ4v) is 0.878. The van der Waals surface area contributed by atoms with Crippen molar-refractivity contribution in [2.75, 3.05) is 13.2 Å². The molecule has 0 radical (unpaired) electrons. The molecule has 1 unspecified atom stereocenters. The van der Waals surface area contributed by atoms with Crippen LogP contribution in [-0.4, -0.2) is 24.7 Å². The molecule has 0 fully saturated rings. The predicted molar refractivity (Wildman–Crippen MR) is 52.2 cm³/mol. The Morgan fingerprint density at radius 2 is 2.23 bits per heavy atom. The van der Waals surface area contributed by atoms with Crippen LogP contribution in [0.5, 0.6) is 0 Å². The highest BCUT2D eigenvalue weighted by molar-refractivity contribution is 5.80. The molecular weight excluding hydrogens is 166 g/mol. The summed E-state index contributed by atoms with van der Waals surface area (Å²) < 4.78 is 4.92. The summed E-state index contributed by atoms with van der Waals surface area (Å²) in [5.74, 6) is 2.19. The highest BCUT2D eigenvalue weighted by Crippen LogP contribution is 2.10. The molecule has 0 aromatic rings. The average molecular weight is 183 g/mol. The molecule has 0 aliphatic heterocycles. The number of nitrogens with one attached hydrogen (secondary N) is 1. The lowest BCUT2D eigenvalue weighted by molar-refractivity contribution is -0.150. The largest absolute Gasteiger partial charge is 0.465 e. The molecule has 0 bridgehead atoms. The van der Waals surface area contributed by atoms with Crippen LogP contribution >= 0.6 is 0 Å². The van der Waals surface area contributed by atoms with Crippen LogP contribution in [0.3, 0.4) is 0 Å². The van der Waals surface area contributed by atoms with Gasteiger partial charge in [0.1, 0.15) is 5.54 Å². The van der Waals surface area contributed by atoms with Crippen LogP contribution in [-0.2, 0) is 9.53 Å². The summed E-state index contributed by atoms with van der Waals surface area (Å²) in [6.07, 6.45) is 5.76. The molecule has 0 rings (SSSR count). The Labute approximate surface area is 79.8 Å². The molecule has 1 atom stereocenters. The number of terminal acetylenes is 1. The third-order valence-corrected chi connectivity index (χ3v) is 2.01. The standard InChI is InChI=1S/C10H17NO2/c1-5-8-11-10(4,6-2)9(12)13-7-3/h1,11H,6-8H2,2-4H3. The van der Waals surface area contributed by atoms with E-state index in [4.69, 9.17) is 11.2 Å². The second-order valence-corrected chi connectivity index (χ2v) is 2.96. The fourth-order valence-electron chi connectivity index (χ4n) is 0.878. The van der Waals surface area contributed by atoms with Crippen molar-refractivity contribution in [2.24, 2.45) is 0 Å². The first kappa shape index (κ1) is 12.0. The van der Waals surface area contributed by atoms with Crippen LogP contribution in [0.1, 0.15) is 27.2 Å². The van der Waals surface area contributed by atoms with E-state index < -0.39 is 5.54 Å². The number of hydrogen-bond acceptors (Lipinski definition) is 3. The van der Waals surface area contributed by atoms with Crippen LogP contribution in [0.25, 0.3) is 0 Å². The van der Waals surface area contributed by atoms with Crippen molar-refractivity contribution in [2.45, 2.75) is 32.7 Å². The molecule has 0 spiro atoms. The molecule has 13 heavy (non-hydrogen) atoms. The van der Waals surface area contributed by atoms with Crippen molar-refractivity contribution >= 4 is 5.97 Å². The second kappa shape index (κ2) is 5.60. The molecule has 3 nitrogen and oxygen atoms in total. The van der Waals surface area contributed by atoms with Gasteiger partial charge in [-0.15, -0.1) is 6.42 Å². The van der Waals surface area contributed by atoms with Gasteiger partial charge < -0.3 is 4.74 Å². The maximum absolute atomic E-state index is 11.4. The van der Waals surface area contributed by atoms with Crippen molar-refractivity contribution in [3.8, 4) is 12.3 Å². The summed E-state index contributed by atoms with van der Waals surface area (Å²) in [5, 5.41) is 2.97. The van der Waals surface area contributed by atoms with E-state index in [1.54, 1.807) is 13.8 Å². The monoisotopic (exact) mass is 183 g/mol. The van der Waals surface area contributed by atoms with Crippen molar-refractivity contribution in [3.05, 3.63) is 0 Å². The van der Waals surface area contributed by atoms with Gasteiger partial charge in [-0.1, -0.05) is 12.8 Å². The maximum Gasteiger partial charge on any atom is 0.326 e. The molecule has 0 saturated heterocycles. The quantitative estimate of drug-likeness (QED) is 0.509. The number of rotatable bonds is 5. The fraction of sp³-hybridized carbons (Fsp3) is 0.700. The number of hydrogen-bond donors (Lipinski definition) is 1. The zero-order valence-electron chi connectivity index (χ0n) is 8.52. The van der Waals surface area contributed by atoms with E-state index in [0.717, 1.165) is 0 Å². The lowest BCUT2D eigenvalue weighted by atomic mass is 9.99. The van der Waals surface area contributed by atoms with E-state index in [0.29, 0.717) is 19.6 Å². The molecule has 0 heterocycles. The molecule has 74 valence electrons. The normalized spacial score (nSPS) is 14.3. The van der Waals surface area contributed by atoms with E-state index in [2.05, 4.69) is 11.2 Å². The van der Waals surface area contributed by atoms with Gasteiger partial charge in [0.2, 0.25) is 0 Å². The number of esters is 1. The average Bonchev–Trinajstić information content (AvgIpc) is 2.14. The topological polar surface area (TPSA) is 38.3 Å². The van der Waals surface area contributed by atoms with Gasteiger partial charge >= 0.3 is 5.97 Å². The van der Waals surface area contributed by atoms with Crippen LogP contribution in [0.2, 0.25) is 0 Å². The summed E-state index contributed by atoms with van der Waals surface area (Å²) in [4.78, 5) is 11.4. The molecule has 0 aromatic heterocycles. The van der Waals surface area contributed by atoms with Crippen molar-refractivity contribution in [1.29, 1.82) is 0 Å². The summed E-state index contributed by atoms with van der Waals surface area (Å²) in [6.45, 7) is 6.27. The Balaban J connectivity index is 4.26. The van der Waals surface area contributed by atoms with Gasteiger partial charge in [-0.05, 0) is 20.3 Å². The van der Waals surface area contributed by atoms with E-state index in [1.807, 2.05) is 6.92 Å². The Bertz CT molecular complexity index is 207. The van der Waals surface area contributed by atoms with Crippen molar-refractivity contribution in [1.82, 2.24) is 5.32 Å².